The summed E-state index contributed by atoms with van der Waals surface area (Å²) in [4.78, 5) is 0.0965. The van der Waals surface area contributed by atoms with Gasteiger partial charge in [0.15, 0.2) is 0 Å². The van der Waals surface area contributed by atoms with E-state index in [0.29, 0.717) is 0 Å². The van der Waals surface area contributed by atoms with Gasteiger partial charge in [0.2, 0.25) is 10.0 Å². The molecule has 0 atom stereocenters. The quantitative estimate of drug-likeness (QED) is 0.817. The van der Waals surface area contributed by atoms with Crippen LogP contribution in [0.4, 0.5) is 0 Å². The highest BCUT2D eigenvalue weighted by atomic mass is 35.5. The number of hydrogen-bond donors (Lipinski definition) is 1. The lowest BCUT2D eigenvalue weighted by atomic mass is 10.2. The first-order valence-corrected chi connectivity index (χ1v) is 5.42. The zero-order chi connectivity index (χ0) is 9.90. The highest BCUT2D eigenvalue weighted by Gasteiger charge is 2.05. The minimum atomic E-state index is -3.59. The van der Waals surface area contributed by atoms with E-state index in [2.05, 4.69) is 0 Å². The summed E-state index contributed by atoms with van der Waals surface area (Å²) in [5.74, 6) is 0. The number of rotatable bonds is 2. The Hall–Kier alpha value is -0.840. The van der Waals surface area contributed by atoms with Crippen molar-refractivity contribution < 1.29 is 8.42 Å². The third-order valence-corrected chi connectivity index (χ3v) is 2.52. The van der Waals surface area contributed by atoms with Crippen molar-refractivity contribution in [3.05, 3.63) is 35.4 Å². The highest BCUT2D eigenvalue weighted by Crippen LogP contribution is 2.09. The fourth-order valence-electron chi connectivity index (χ4n) is 0.841. The molecule has 70 valence electrons. The zero-order valence-electron chi connectivity index (χ0n) is 6.64. The van der Waals surface area contributed by atoms with Crippen LogP contribution >= 0.6 is 11.6 Å². The van der Waals surface area contributed by atoms with Gasteiger partial charge in [0.05, 0.1) is 4.90 Å². The number of sulfonamides is 1. The molecule has 0 amide bonds. The van der Waals surface area contributed by atoms with Gasteiger partial charge >= 0.3 is 0 Å². The smallest absolute Gasteiger partial charge is 0.225 e. The fourth-order valence-corrected chi connectivity index (χ4v) is 1.50. The Morgan fingerprint density at radius 1 is 1.23 bits per heavy atom. The molecule has 0 saturated heterocycles. The molecule has 0 fully saturated rings. The summed E-state index contributed by atoms with van der Waals surface area (Å²) in [6.45, 7) is 0. The highest BCUT2D eigenvalue weighted by molar-refractivity contribution is 7.89. The Labute approximate surface area is 81.9 Å². The Kier molecular flexibility index (Phi) is 3.08. The standard InChI is InChI=1S/C8H8ClNO2S/c9-6-5-7-1-3-8(4-2-7)13(10,11)12/h1-6H,(H2,10,11,12). The molecule has 1 aromatic rings. The second-order valence-corrected chi connectivity index (χ2v) is 4.22. The van der Waals surface area contributed by atoms with Crippen molar-refractivity contribution in [1.29, 1.82) is 0 Å². The maximum absolute atomic E-state index is 10.8. The molecule has 1 rings (SSSR count). The average molecular weight is 218 g/mol. The molecule has 0 aliphatic carbocycles. The first-order chi connectivity index (χ1) is 6.04. The monoisotopic (exact) mass is 217 g/mol. The predicted molar refractivity (Wildman–Crippen MR) is 52.7 cm³/mol. The summed E-state index contributed by atoms with van der Waals surface area (Å²) in [6, 6.07) is 6.11. The van der Waals surface area contributed by atoms with Gasteiger partial charge in [0.25, 0.3) is 0 Å². The molecule has 0 spiro atoms. The number of nitrogens with two attached hydrogens (primary N) is 1. The topological polar surface area (TPSA) is 60.2 Å². The van der Waals surface area contributed by atoms with Gasteiger partial charge < -0.3 is 0 Å². The molecule has 0 unspecified atom stereocenters. The molecule has 0 aromatic heterocycles. The van der Waals surface area contributed by atoms with Gasteiger partial charge in [0, 0.05) is 5.54 Å². The minimum absolute atomic E-state index is 0.0965. The van der Waals surface area contributed by atoms with Gasteiger partial charge in [-0.2, -0.15) is 0 Å². The summed E-state index contributed by atoms with van der Waals surface area (Å²) in [7, 11) is -3.59. The minimum Gasteiger partial charge on any atom is -0.225 e. The van der Waals surface area contributed by atoms with Gasteiger partial charge in [0.1, 0.15) is 0 Å². The van der Waals surface area contributed by atoms with E-state index in [1.54, 1.807) is 18.2 Å². The van der Waals surface area contributed by atoms with E-state index in [4.69, 9.17) is 16.7 Å². The van der Waals surface area contributed by atoms with Crippen molar-refractivity contribution in [3.8, 4) is 0 Å². The first-order valence-electron chi connectivity index (χ1n) is 3.43. The summed E-state index contributed by atoms with van der Waals surface area (Å²) >= 11 is 5.34. The van der Waals surface area contributed by atoms with E-state index in [-0.39, 0.29) is 4.90 Å². The average Bonchev–Trinajstić information content (AvgIpc) is 2.04. The summed E-state index contributed by atoms with van der Waals surface area (Å²) in [6.07, 6.45) is 1.65. The van der Waals surface area contributed by atoms with Crippen LogP contribution in [-0.2, 0) is 10.0 Å². The molecule has 0 aliphatic rings. The van der Waals surface area contributed by atoms with Crippen LogP contribution < -0.4 is 5.14 Å². The van der Waals surface area contributed by atoms with Crippen LogP contribution in [0.2, 0.25) is 0 Å². The molecule has 3 nitrogen and oxygen atoms in total. The maximum Gasteiger partial charge on any atom is 0.238 e. The van der Waals surface area contributed by atoms with Crippen molar-refractivity contribution in [2.75, 3.05) is 0 Å². The third-order valence-electron chi connectivity index (χ3n) is 1.46. The Morgan fingerprint density at radius 3 is 2.15 bits per heavy atom. The number of hydrogen-bond acceptors (Lipinski definition) is 2. The van der Waals surface area contributed by atoms with E-state index in [9.17, 15) is 8.42 Å². The van der Waals surface area contributed by atoms with Crippen molar-refractivity contribution >= 4 is 27.7 Å². The van der Waals surface area contributed by atoms with E-state index in [1.165, 1.54) is 17.7 Å². The SMILES string of the molecule is NS(=O)(=O)c1ccc(C=CCl)cc1. The molecular formula is C8H8ClNO2S. The van der Waals surface area contributed by atoms with Crippen LogP contribution in [0.5, 0.6) is 0 Å². The van der Waals surface area contributed by atoms with Crippen LogP contribution in [0, 0.1) is 0 Å². The maximum atomic E-state index is 10.8. The largest absolute Gasteiger partial charge is 0.238 e. The van der Waals surface area contributed by atoms with E-state index < -0.39 is 10.0 Å². The van der Waals surface area contributed by atoms with Gasteiger partial charge in [-0.3, -0.25) is 0 Å². The van der Waals surface area contributed by atoms with Gasteiger partial charge in [-0.1, -0.05) is 23.7 Å². The molecule has 0 saturated carbocycles. The molecule has 2 N–H and O–H groups in total. The number of benzene rings is 1. The molecule has 0 heterocycles. The summed E-state index contributed by atoms with van der Waals surface area (Å²) in [5.41, 5.74) is 2.17. The van der Waals surface area contributed by atoms with Crippen molar-refractivity contribution in [1.82, 2.24) is 0 Å². The van der Waals surface area contributed by atoms with Crippen molar-refractivity contribution in [2.45, 2.75) is 4.90 Å². The molecule has 1 aromatic carbocycles. The van der Waals surface area contributed by atoms with E-state index in [0.717, 1.165) is 5.56 Å². The van der Waals surface area contributed by atoms with Crippen LogP contribution in [0.1, 0.15) is 5.56 Å². The lowest BCUT2D eigenvalue weighted by Crippen LogP contribution is -2.11. The molecular weight excluding hydrogens is 210 g/mol. The first kappa shape index (κ1) is 10.2. The normalized spacial score (nSPS) is 12.2. The Morgan fingerprint density at radius 2 is 1.77 bits per heavy atom. The molecule has 13 heavy (non-hydrogen) atoms. The van der Waals surface area contributed by atoms with E-state index in [1.807, 2.05) is 0 Å². The number of primary sulfonamides is 1. The lowest BCUT2D eigenvalue weighted by molar-refractivity contribution is 0.598. The van der Waals surface area contributed by atoms with Crippen LogP contribution in [-0.4, -0.2) is 8.42 Å². The summed E-state index contributed by atoms with van der Waals surface area (Å²) < 4.78 is 21.7. The molecule has 0 aliphatic heterocycles. The Bertz CT molecular complexity index is 408. The second-order valence-electron chi connectivity index (χ2n) is 2.41. The summed E-state index contributed by atoms with van der Waals surface area (Å²) in [5, 5.41) is 4.91. The zero-order valence-corrected chi connectivity index (χ0v) is 8.22. The fraction of sp³-hybridized carbons (Fsp3) is 0. The van der Waals surface area contributed by atoms with Crippen LogP contribution in [0.3, 0.4) is 0 Å². The molecule has 5 heteroatoms. The van der Waals surface area contributed by atoms with Gasteiger partial charge in [-0.25, -0.2) is 13.6 Å². The Balaban J connectivity index is 3.08. The second kappa shape index (κ2) is 3.91. The lowest BCUT2D eigenvalue weighted by Gasteiger charge is -1.97. The van der Waals surface area contributed by atoms with Crippen LogP contribution in [0.15, 0.2) is 34.7 Å². The van der Waals surface area contributed by atoms with Crippen molar-refractivity contribution in [2.24, 2.45) is 5.14 Å². The van der Waals surface area contributed by atoms with Crippen LogP contribution in [0.25, 0.3) is 6.08 Å². The van der Waals surface area contributed by atoms with Gasteiger partial charge in [-0.05, 0) is 23.8 Å². The van der Waals surface area contributed by atoms with E-state index >= 15 is 0 Å². The molecule has 0 radical (unpaired) electrons. The molecule has 0 bridgehead atoms. The van der Waals surface area contributed by atoms with Gasteiger partial charge in [-0.15, -0.1) is 0 Å². The predicted octanol–water partition coefficient (Wildman–Crippen LogP) is 1.54. The third kappa shape index (κ3) is 2.84. The number of halogens is 1. The van der Waals surface area contributed by atoms with Crippen molar-refractivity contribution in [3.63, 3.8) is 0 Å².